The smallest absolute Gasteiger partial charge is 0.310 e. The van der Waals surface area contributed by atoms with Gasteiger partial charge in [0.25, 0.3) is 0 Å². The summed E-state index contributed by atoms with van der Waals surface area (Å²) < 4.78 is 0. The molecule has 0 radical (unpaired) electrons. The van der Waals surface area contributed by atoms with Crippen molar-refractivity contribution < 1.29 is 9.90 Å². The van der Waals surface area contributed by atoms with Crippen molar-refractivity contribution in [1.29, 1.82) is 0 Å². The normalized spacial score (nSPS) is 12.3. The van der Waals surface area contributed by atoms with Crippen LogP contribution in [0.2, 0.25) is 0 Å². The van der Waals surface area contributed by atoms with E-state index in [9.17, 15) is 4.79 Å². The van der Waals surface area contributed by atoms with Crippen LogP contribution < -0.4 is 0 Å². The van der Waals surface area contributed by atoms with E-state index in [0.29, 0.717) is 0 Å². The number of pyridine rings is 1. The summed E-state index contributed by atoms with van der Waals surface area (Å²) in [5.74, 6) is -1.26. The largest absolute Gasteiger partial charge is 0.481 e. The molecule has 0 aliphatic heterocycles. The molecule has 1 aromatic heterocycles. The Morgan fingerprint density at radius 1 is 1.10 bits per heavy atom. The van der Waals surface area contributed by atoms with Gasteiger partial charge in [0.15, 0.2) is 0 Å². The molecule has 21 heavy (non-hydrogen) atoms. The molecule has 0 spiro atoms. The van der Waals surface area contributed by atoms with Gasteiger partial charge in [-0.25, -0.2) is 0 Å². The van der Waals surface area contributed by atoms with E-state index in [1.165, 1.54) is 11.1 Å². The van der Waals surface area contributed by atoms with Crippen molar-refractivity contribution in [2.45, 2.75) is 25.9 Å². The number of carboxylic acid groups (broad SMARTS) is 1. The average molecular weight is 284 g/mol. The molecule has 1 heterocycles. The highest BCUT2D eigenvalue weighted by Gasteiger charge is 2.13. The van der Waals surface area contributed by atoms with Crippen molar-refractivity contribution in [3.8, 4) is 0 Å². The summed E-state index contributed by atoms with van der Waals surface area (Å²) in [5, 5.41) is 9.00. The van der Waals surface area contributed by atoms with E-state index >= 15 is 0 Å². The third kappa shape index (κ3) is 4.39. The Hall–Kier alpha value is -2.20. The molecular formula is C17H20N2O2. The summed E-state index contributed by atoms with van der Waals surface area (Å²) in [6, 6.07) is 11.8. The van der Waals surface area contributed by atoms with Crippen molar-refractivity contribution in [3.63, 3.8) is 0 Å². The molecule has 0 fully saturated rings. The zero-order chi connectivity index (χ0) is 15.2. The number of nitrogens with zero attached hydrogens (tertiary/aromatic N) is 2. The van der Waals surface area contributed by atoms with Gasteiger partial charge in [-0.2, -0.15) is 0 Å². The number of hydrogen-bond acceptors (Lipinski definition) is 3. The molecule has 4 heteroatoms. The van der Waals surface area contributed by atoms with Gasteiger partial charge in [0.05, 0.1) is 5.92 Å². The zero-order valence-electron chi connectivity index (χ0n) is 12.4. The molecule has 2 aromatic rings. The Morgan fingerprint density at radius 3 is 2.14 bits per heavy atom. The fraction of sp³-hybridized carbons (Fsp3) is 0.294. The second-order valence-electron chi connectivity index (χ2n) is 5.33. The molecule has 0 saturated heterocycles. The quantitative estimate of drug-likeness (QED) is 0.886. The molecule has 0 amide bonds. The van der Waals surface area contributed by atoms with Gasteiger partial charge in [0, 0.05) is 25.5 Å². The van der Waals surface area contributed by atoms with Crippen LogP contribution in [0.1, 0.15) is 29.5 Å². The molecule has 0 bridgehead atoms. The predicted molar refractivity (Wildman–Crippen MR) is 81.9 cm³/mol. The number of aromatic nitrogens is 1. The Labute approximate surface area is 125 Å². The number of rotatable bonds is 6. The summed E-state index contributed by atoms with van der Waals surface area (Å²) in [7, 11) is 2.06. The highest BCUT2D eigenvalue weighted by Crippen LogP contribution is 2.17. The van der Waals surface area contributed by atoms with E-state index < -0.39 is 11.9 Å². The van der Waals surface area contributed by atoms with Gasteiger partial charge in [-0.3, -0.25) is 14.7 Å². The van der Waals surface area contributed by atoms with Crippen LogP contribution in [0, 0.1) is 0 Å². The lowest BCUT2D eigenvalue weighted by Crippen LogP contribution is -2.17. The van der Waals surface area contributed by atoms with Crippen LogP contribution in [-0.2, 0) is 17.9 Å². The number of hydrogen-bond donors (Lipinski definition) is 1. The topological polar surface area (TPSA) is 53.4 Å². The number of carbonyl (C=O) groups is 1. The minimum absolute atomic E-state index is 0.464. The van der Waals surface area contributed by atoms with Gasteiger partial charge in [0.2, 0.25) is 0 Å². The average Bonchev–Trinajstić information content (AvgIpc) is 2.48. The lowest BCUT2D eigenvalue weighted by atomic mass is 10.00. The molecule has 110 valence electrons. The molecular weight excluding hydrogens is 264 g/mol. The van der Waals surface area contributed by atoms with E-state index in [2.05, 4.69) is 16.9 Å². The van der Waals surface area contributed by atoms with E-state index in [-0.39, 0.29) is 0 Å². The van der Waals surface area contributed by atoms with Gasteiger partial charge in [-0.1, -0.05) is 24.3 Å². The molecule has 0 aliphatic rings. The van der Waals surface area contributed by atoms with Crippen molar-refractivity contribution in [2.24, 2.45) is 0 Å². The van der Waals surface area contributed by atoms with Gasteiger partial charge in [-0.15, -0.1) is 0 Å². The Kier molecular flexibility index (Phi) is 5.06. The highest BCUT2D eigenvalue weighted by atomic mass is 16.4. The van der Waals surface area contributed by atoms with E-state index in [0.717, 1.165) is 18.7 Å². The Bertz CT molecular complexity index is 581. The first-order valence-corrected chi connectivity index (χ1v) is 6.95. The first-order valence-electron chi connectivity index (χ1n) is 6.95. The first kappa shape index (κ1) is 15.2. The zero-order valence-corrected chi connectivity index (χ0v) is 12.4. The minimum atomic E-state index is -0.794. The van der Waals surface area contributed by atoms with Gasteiger partial charge in [-0.05, 0) is 42.8 Å². The number of benzene rings is 1. The summed E-state index contributed by atoms with van der Waals surface area (Å²) in [4.78, 5) is 17.2. The SMILES string of the molecule is CC(C(=O)O)c1ccc(CN(C)Cc2ccncc2)cc1. The van der Waals surface area contributed by atoms with Crippen LogP contribution >= 0.6 is 0 Å². The summed E-state index contributed by atoms with van der Waals surface area (Å²) in [6.07, 6.45) is 3.59. The minimum Gasteiger partial charge on any atom is -0.481 e. The molecule has 1 atom stereocenters. The maximum Gasteiger partial charge on any atom is 0.310 e. The van der Waals surface area contributed by atoms with Crippen LogP contribution in [0.3, 0.4) is 0 Å². The maximum absolute atomic E-state index is 11.0. The van der Waals surface area contributed by atoms with Crippen LogP contribution in [0.4, 0.5) is 0 Å². The molecule has 1 unspecified atom stereocenters. The van der Waals surface area contributed by atoms with E-state index in [4.69, 9.17) is 5.11 Å². The number of carboxylic acids is 1. The van der Waals surface area contributed by atoms with Gasteiger partial charge < -0.3 is 5.11 Å². The van der Waals surface area contributed by atoms with Crippen LogP contribution in [-0.4, -0.2) is 28.0 Å². The summed E-state index contributed by atoms with van der Waals surface area (Å²) in [5.41, 5.74) is 3.24. The summed E-state index contributed by atoms with van der Waals surface area (Å²) >= 11 is 0. The molecule has 2 rings (SSSR count). The standard InChI is InChI=1S/C17H20N2O2/c1-13(17(20)21)16-5-3-14(4-6-16)11-19(2)12-15-7-9-18-10-8-15/h3-10,13H,11-12H2,1-2H3,(H,20,21). The van der Waals surface area contributed by atoms with Crippen LogP contribution in [0.5, 0.6) is 0 Å². The second kappa shape index (κ2) is 6.99. The van der Waals surface area contributed by atoms with Crippen LogP contribution in [0.15, 0.2) is 48.8 Å². The second-order valence-corrected chi connectivity index (χ2v) is 5.33. The summed E-state index contributed by atoms with van der Waals surface area (Å²) in [6.45, 7) is 3.38. The van der Waals surface area contributed by atoms with Crippen molar-refractivity contribution >= 4 is 5.97 Å². The van der Waals surface area contributed by atoms with Gasteiger partial charge in [0.1, 0.15) is 0 Å². The lowest BCUT2D eigenvalue weighted by molar-refractivity contribution is -0.138. The third-order valence-corrected chi connectivity index (χ3v) is 3.50. The third-order valence-electron chi connectivity index (χ3n) is 3.50. The highest BCUT2D eigenvalue weighted by molar-refractivity contribution is 5.75. The van der Waals surface area contributed by atoms with Crippen LogP contribution in [0.25, 0.3) is 0 Å². The van der Waals surface area contributed by atoms with E-state index in [1.54, 1.807) is 19.3 Å². The molecule has 0 saturated carbocycles. The fourth-order valence-electron chi connectivity index (χ4n) is 2.22. The predicted octanol–water partition coefficient (Wildman–Crippen LogP) is 2.90. The molecule has 0 aliphatic carbocycles. The maximum atomic E-state index is 11.0. The fourth-order valence-corrected chi connectivity index (χ4v) is 2.22. The van der Waals surface area contributed by atoms with Gasteiger partial charge >= 0.3 is 5.97 Å². The number of aliphatic carboxylic acids is 1. The Morgan fingerprint density at radius 2 is 1.62 bits per heavy atom. The van der Waals surface area contributed by atoms with E-state index in [1.807, 2.05) is 36.4 Å². The molecule has 4 nitrogen and oxygen atoms in total. The molecule has 1 aromatic carbocycles. The van der Waals surface area contributed by atoms with Crippen molar-refractivity contribution in [2.75, 3.05) is 7.05 Å². The lowest BCUT2D eigenvalue weighted by Gasteiger charge is -2.17. The monoisotopic (exact) mass is 284 g/mol. The van der Waals surface area contributed by atoms with Crippen molar-refractivity contribution in [3.05, 3.63) is 65.5 Å². The molecule has 1 N–H and O–H groups in total. The Balaban J connectivity index is 1.95. The van der Waals surface area contributed by atoms with Crippen molar-refractivity contribution in [1.82, 2.24) is 9.88 Å². The first-order chi connectivity index (χ1) is 10.1.